The Bertz CT molecular complexity index is 1550. The van der Waals surface area contributed by atoms with Crippen molar-refractivity contribution < 1.29 is 18.4 Å². The summed E-state index contributed by atoms with van der Waals surface area (Å²) in [5, 5.41) is 4.88. The first-order valence-corrected chi connectivity index (χ1v) is 11.2. The number of rotatable bonds is 5. The number of amides is 2. The summed E-state index contributed by atoms with van der Waals surface area (Å²) in [6.45, 7) is 1.67. The quantitative estimate of drug-likeness (QED) is 0.332. The van der Waals surface area contributed by atoms with Gasteiger partial charge in [-0.25, -0.2) is 13.8 Å². The largest absolute Gasteiger partial charge is 0.383 e. The molecule has 0 radical (unpaired) electrons. The van der Waals surface area contributed by atoms with Crippen LogP contribution in [-0.4, -0.2) is 21.4 Å². The van der Waals surface area contributed by atoms with Gasteiger partial charge in [0, 0.05) is 27.7 Å². The minimum absolute atomic E-state index is 0.0237. The topological polar surface area (TPSA) is 119 Å². The van der Waals surface area contributed by atoms with Gasteiger partial charge in [-0.3, -0.25) is 19.0 Å². The minimum atomic E-state index is -0.824. The molecule has 4 rings (SSSR count). The van der Waals surface area contributed by atoms with E-state index in [-0.39, 0.29) is 28.3 Å². The van der Waals surface area contributed by atoms with E-state index in [4.69, 9.17) is 5.73 Å². The van der Waals surface area contributed by atoms with Crippen LogP contribution >= 0.6 is 15.9 Å². The fourth-order valence-corrected chi connectivity index (χ4v) is 3.76. The Morgan fingerprint density at radius 3 is 2.33 bits per heavy atom. The van der Waals surface area contributed by atoms with E-state index < -0.39 is 29.0 Å². The molecule has 4 N–H and O–H groups in total. The van der Waals surface area contributed by atoms with Gasteiger partial charge in [0.1, 0.15) is 23.0 Å². The highest BCUT2D eigenvalue weighted by Crippen LogP contribution is 2.22. The number of nitrogen functional groups attached to an aromatic ring is 1. The summed E-state index contributed by atoms with van der Waals surface area (Å²) in [7, 11) is 0. The van der Waals surface area contributed by atoms with E-state index in [9.17, 15) is 23.2 Å². The van der Waals surface area contributed by atoms with Crippen molar-refractivity contribution in [1.82, 2.24) is 9.55 Å². The molecule has 0 saturated heterocycles. The number of anilines is 3. The molecule has 0 bridgehead atoms. The molecule has 0 spiro atoms. The second-order valence-corrected chi connectivity index (χ2v) is 8.61. The SMILES string of the molecule is Cc1ccc(C(=O)Nc2ccc(NC(=O)c3cc(Br)cnc3N)c(F)c2)c(=O)n1-c1ccc(F)cc1. The summed E-state index contributed by atoms with van der Waals surface area (Å²) in [5.41, 5.74) is 5.80. The van der Waals surface area contributed by atoms with Crippen molar-refractivity contribution in [3.05, 3.63) is 110 Å². The van der Waals surface area contributed by atoms with E-state index in [1.807, 2.05) is 0 Å². The van der Waals surface area contributed by atoms with Crippen LogP contribution in [0, 0.1) is 18.6 Å². The Morgan fingerprint density at radius 1 is 0.944 bits per heavy atom. The number of hydrogen-bond donors (Lipinski definition) is 3. The summed E-state index contributed by atoms with van der Waals surface area (Å²) in [6, 6.07) is 13.3. The zero-order chi connectivity index (χ0) is 26.0. The first-order valence-electron chi connectivity index (χ1n) is 10.5. The Kier molecular flexibility index (Phi) is 6.93. The standard InChI is InChI=1S/C25H18BrF2N5O3/c1-13-2-8-18(25(36)33(13)17-6-3-15(27)4-7-17)23(34)31-16-5-9-21(20(28)11-16)32-24(35)19-10-14(26)12-30-22(19)29/h2-12H,1H3,(H2,29,30)(H,31,34)(H,32,35). The maximum absolute atomic E-state index is 14.7. The van der Waals surface area contributed by atoms with Crippen molar-refractivity contribution in [3.63, 3.8) is 0 Å². The molecule has 36 heavy (non-hydrogen) atoms. The third kappa shape index (κ3) is 5.15. The van der Waals surface area contributed by atoms with E-state index in [0.29, 0.717) is 15.9 Å². The van der Waals surface area contributed by atoms with Crippen molar-refractivity contribution in [2.45, 2.75) is 6.92 Å². The van der Waals surface area contributed by atoms with E-state index in [1.165, 1.54) is 59.3 Å². The van der Waals surface area contributed by atoms with Gasteiger partial charge in [-0.05, 0) is 83.5 Å². The molecule has 0 saturated carbocycles. The normalized spacial score (nSPS) is 10.7. The van der Waals surface area contributed by atoms with Gasteiger partial charge in [-0.15, -0.1) is 0 Å². The number of nitrogens with two attached hydrogens (primary N) is 1. The summed E-state index contributed by atoms with van der Waals surface area (Å²) in [6.07, 6.45) is 1.42. The number of carbonyl (C=O) groups excluding carboxylic acids is 2. The predicted octanol–water partition coefficient (Wildman–Crippen LogP) is 4.67. The molecule has 0 fully saturated rings. The summed E-state index contributed by atoms with van der Waals surface area (Å²) < 4.78 is 29.8. The predicted molar refractivity (Wildman–Crippen MR) is 135 cm³/mol. The lowest BCUT2D eigenvalue weighted by Crippen LogP contribution is -2.29. The number of halogens is 3. The zero-order valence-corrected chi connectivity index (χ0v) is 20.3. The fraction of sp³-hybridized carbons (Fsp3) is 0.0400. The molecular formula is C25H18BrF2N5O3. The van der Waals surface area contributed by atoms with Crippen LogP contribution in [0.15, 0.2) is 76.1 Å². The number of pyridine rings is 2. The number of aryl methyl sites for hydroxylation is 1. The van der Waals surface area contributed by atoms with Gasteiger partial charge in [0.25, 0.3) is 17.4 Å². The molecule has 0 aliphatic heterocycles. The summed E-state index contributed by atoms with van der Waals surface area (Å²) in [4.78, 5) is 42.2. The van der Waals surface area contributed by atoms with Gasteiger partial charge in [-0.2, -0.15) is 0 Å². The van der Waals surface area contributed by atoms with Crippen LogP contribution in [0.4, 0.5) is 26.0 Å². The van der Waals surface area contributed by atoms with Gasteiger partial charge in [0.05, 0.1) is 11.3 Å². The molecule has 2 aromatic carbocycles. The molecule has 0 unspecified atom stereocenters. The molecule has 0 aliphatic rings. The van der Waals surface area contributed by atoms with E-state index in [2.05, 4.69) is 31.5 Å². The number of nitrogens with one attached hydrogen (secondary N) is 2. The molecule has 8 nitrogen and oxygen atoms in total. The number of nitrogens with zero attached hydrogens (tertiary/aromatic N) is 2. The average Bonchev–Trinajstić information content (AvgIpc) is 2.83. The number of hydrogen-bond acceptors (Lipinski definition) is 5. The van der Waals surface area contributed by atoms with Crippen molar-refractivity contribution in [1.29, 1.82) is 0 Å². The highest BCUT2D eigenvalue weighted by molar-refractivity contribution is 9.10. The lowest BCUT2D eigenvalue weighted by molar-refractivity contribution is 0.101. The van der Waals surface area contributed by atoms with Gasteiger partial charge in [0.15, 0.2) is 0 Å². The van der Waals surface area contributed by atoms with Crippen LogP contribution in [0.3, 0.4) is 0 Å². The molecule has 0 atom stereocenters. The van der Waals surface area contributed by atoms with Crippen LogP contribution in [0.1, 0.15) is 26.4 Å². The Balaban J connectivity index is 1.55. The third-order valence-electron chi connectivity index (χ3n) is 5.21. The number of carbonyl (C=O) groups is 2. The monoisotopic (exact) mass is 553 g/mol. The van der Waals surface area contributed by atoms with Gasteiger partial charge < -0.3 is 16.4 Å². The lowest BCUT2D eigenvalue weighted by atomic mass is 10.2. The Hall–Kier alpha value is -4.38. The van der Waals surface area contributed by atoms with Crippen LogP contribution in [0.5, 0.6) is 0 Å². The summed E-state index contributed by atoms with van der Waals surface area (Å²) in [5.74, 6) is -2.74. The molecule has 182 valence electrons. The van der Waals surface area contributed by atoms with E-state index in [0.717, 1.165) is 6.07 Å². The average molecular weight is 554 g/mol. The van der Waals surface area contributed by atoms with E-state index >= 15 is 0 Å². The molecule has 11 heteroatoms. The fourth-order valence-electron chi connectivity index (χ4n) is 3.43. The van der Waals surface area contributed by atoms with E-state index in [1.54, 1.807) is 13.0 Å². The van der Waals surface area contributed by atoms with Crippen LogP contribution in [0.2, 0.25) is 0 Å². The van der Waals surface area contributed by atoms with Crippen LogP contribution < -0.4 is 21.9 Å². The molecule has 2 heterocycles. The maximum Gasteiger partial charge on any atom is 0.268 e. The molecule has 0 aliphatic carbocycles. The second kappa shape index (κ2) is 10.1. The highest BCUT2D eigenvalue weighted by atomic mass is 79.9. The van der Waals surface area contributed by atoms with Crippen LogP contribution in [-0.2, 0) is 0 Å². The summed E-state index contributed by atoms with van der Waals surface area (Å²) >= 11 is 3.19. The highest BCUT2D eigenvalue weighted by Gasteiger charge is 2.17. The zero-order valence-electron chi connectivity index (χ0n) is 18.7. The molecular weight excluding hydrogens is 536 g/mol. The van der Waals surface area contributed by atoms with Gasteiger partial charge in [0.2, 0.25) is 0 Å². The molecule has 2 aromatic heterocycles. The van der Waals surface area contributed by atoms with Crippen molar-refractivity contribution in [2.75, 3.05) is 16.4 Å². The lowest BCUT2D eigenvalue weighted by Gasteiger charge is -2.13. The molecule has 2 amide bonds. The maximum atomic E-state index is 14.7. The first kappa shape index (κ1) is 24.7. The van der Waals surface area contributed by atoms with Gasteiger partial charge >= 0.3 is 0 Å². The van der Waals surface area contributed by atoms with Crippen molar-refractivity contribution in [2.24, 2.45) is 0 Å². The van der Waals surface area contributed by atoms with Crippen molar-refractivity contribution in [3.8, 4) is 5.69 Å². The smallest absolute Gasteiger partial charge is 0.268 e. The van der Waals surface area contributed by atoms with Crippen LogP contribution in [0.25, 0.3) is 5.69 Å². The molecule has 4 aromatic rings. The Morgan fingerprint density at radius 2 is 1.64 bits per heavy atom. The number of aromatic nitrogens is 2. The minimum Gasteiger partial charge on any atom is -0.383 e. The first-order chi connectivity index (χ1) is 17.1. The number of benzene rings is 2. The van der Waals surface area contributed by atoms with Crippen molar-refractivity contribution >= 4 is 44.9 Å². The second-order valence-electron chi connectivity index (χ2n) is 7.69. The van der Waals surface area contributed by atoms with Gasteiger partial charge in [-0.1, -0.05) is 0 Å². The third-order valence-corrected chi connectivity index (χ3v) is 5.65. The Labute approximate surface area is 211 Å².